The first-order valence-corrected chi connectivity index (χ1v) is 7.51. The molecule has 0 heterocycles. The van der Waals surface area contributed by atoms with Crippen molar-refractivity contribution in [3.05, 3.63) is 24.3 Å². The Bertz CT molecular complexity index is 516. The topological polar surface area (TPSA) is 92.4 Å². The second kappa shape index (κ2) is 5.26. The molecule has 1 fully saturated rings. The molecule has 1 aliphatic carbocycles. The lowest BCUT2D eigenvalue weighted by molar-refractivity contribution is 0.134. The van der Waals surface area contributed by atoms with Gasteiger partial charge in [-0.25, -0.2) is 13.1 Å². The van der Waals surface area contributed by atoms with Crippen LogP contribution in [0.2, 0.25) is 0 Å². The van der Waals surface area contributed by atoms with Gasteiger partial charge in [0.2, 0.25) is 10.0 Å². The minimum atomic E-state index is -3.59. The second-order valence-electron chi connectivity index (χ2n) is 4.65. The van der Waals surface area contributed by atoms with Crippen molar-refractivity contribution in [2.45, 2.75) is 30.3 Å². The van der Waals surface area contributed by atoms with E-state index in [1.54, 1.807) is 18.2 Å². The Hall–Kier alpha value is -1.11. The number of aliphatic hydroxyl groups excluding tert-OH is 1. The van der Waals surface area contributed by atoms with Crippen molar-refractivity contribution >= 4 is 15.7 Å². The summed E-state index contributed by atoms with van der Waals surface area (Å²) in [7, 11) is -3.59. The maximum atomic E-state index is 12.0. The average molecular weight is 270 g/mol. The first-order valence-electron chi connectivity index (χ1n) is 6.03. The molecule has 2 unspecified atom stereocenters. The number of sulfonamides is 1. The zero-order valence-electron chi connectivity index (χ0n) is 10.0. The molecule has 1 aromatic carbocycles. The normalized spacial score (nSPS) is 24.3. The number of rotatable bonds is 4. The molecule has 0 saturated heterocycles. The van der Waals surface area contributed by atoms with E-state index in [1.165, 1.54) is 6.07 Å². The van der Waals surface area contributed by atoms with Gasteiger partial charge < -0.3 is 10.8 Å². The average Bonchev–Trinajstić information content (AvgIpc) is 2.73. The predicted octanol–water partition coefficient (Wildman–Crippen LogP) is 0.708. The maximum absolute atomic E-state index is 12.0. The van der Waals surface area contributed by atoms with Crippen LogP contribution in [0.1, 0.15) is 19.3 Å². The molecule has 100 valence electrons. The predicted molar refractivity (Wildman–Crippen MR) is 69.4 cm³/mol. The van der Waals surface area contributed by atoms with Crippen LogP contribution in [0.15, 0.2) is 29.2 Å². The molecule has 18 heavy (non-hydrogen) atoms. The lowest BCUT2D eigenvalue weighted by Crippen LogP contribution is -2.32. The summed E-state index contributed by atoms with van der Waals surface area (Å²) in [5, 5.41) is 9.65. The van der Waals surface area contributed by atoms with Gasteiger partial charge in [-0.15, -0.1) is 0 Å². The first-order chi connectivity index (χ1) is 8.50. The Balaban J connectivity index is 2.06. The molecule has 6 heteroatoms. The molecule has 0 spiro atoms. The highest BCUT2D eigenvalue weighted by atomic mass is 32.2. The Labute approximate surface area is 107 Å². The van der Waals surface area contributed by atoms with Gasteiger partial charge in [0.1, 0.15) is 4.90 Å². The molecule has 4 N–H and O–H groups in total. The van der Waals surface area contributed by atoms with Gasteiger partial charge in [-0.2, -0.15) is 0 Å². The fourth-order valence-electron chi connectivity index (χ4n) is 2.28. The standard InChI is InChI=1S/C12H18N2O3S/c13-10-5-1-2-7-12(10)18(16,17)14-8-9-4-3-6-11(9)15/h1-2,5,7,9,11,14-15H,3-4,6,8,13H2. The fraction of sp³-hybridized carbons (Fsp3) is 0.500. The number of hydrogen-bond donors (Lipinski definition) is 3. The fourth-order valence-corrected chi connectivity index (χ4v) is 3.50. The highest BCUT2D eigenvalue weighted by Crippen LogP contribution is 2.25. The monoisotopic (exact) mass is 270 g/mol. The van der Waals surface area contributed by atoms with Crippen molar-refractivity contribution in [3.63, 3.8) is 0 Å². The van der Waals surface area contributed by atoms with Crippen LogP contribution in [0.4, 0.5) is 5.69 Å². The number of nitrogens with two attached hydrogens (primary N) is 1. The van der Waals surface area contributed by atoms with E-state index in [2.05, 4.69) is 4.72 Å². The quantitative estimate of drug-likeness (QED) is 0.702. The number of nitrogen functional groups attached to an aromatic ring is 1. The van der Waals surface area contributed by atoms with Gasteiger partial charge in [-0.1, -0.05) is 18.6 Å². The molecule has 1 saturated carbocycles. The van der Waals surface area contributed by atoms with Crippen molar-refractivity contribution in [2.75, 3.05) is 12.3 Å². The van der Waals surface area contributed by atoms with E-state index in [9.17, 15) is 13.5 Å². The lowest BCUT2D eigenvalue weighted by Gasteiger charge is -2.15. The molecule has 0 aliphatic heterocycles. The number of nitrogens with one attached hydrogen (secondary N) is 1. The molecule has 0 amide bonds. The Morgan fingerprint density at radius 1 is 1.33 bits per heavy atom. The van der Waals surface area contributed by atoms with E-state index < -0.39 is 16.1 Å². The Kier molecular flexibility index (Phi) is 3.89. The molecule has 2 atom stereocenters. The molecule has 0 bridgehead atoms. The third kappa shape index (κ3) is 2.82. The van der Waals surface area contributed by atoms with Gasteiger partial charge in [-0.05, 0) is 30.9 Å². The van der Waals surface area contributed by atoms with Crippen LogP contribution < -0.4 is 10.5 Å². The van der Waals surface area contributed by atoms with Gasteiger partial charge in [-0.3, -0.25) is 0 Å². The van der Waals surface area contributed by atoms with Gasteiger partial charge >= 0.3 is 0 Å². The Morgan fingerprint density at radius 3 is 2.67 bits per heavy atom. The summed E-state index contributed by atoms with van der Waals surface area (Å²) in [5.41, 5.74) is 5.88. The summed E-state index contributed by atoms with van der Waals surface area (Å²) in [4.78, 5) is 0.0949. The SMILES string of the molecule is Nc1ccccc1S(=O)(=O)NCC1CCCC1O. The number of hydrogen-bond acceptors (Lipinski definition) is 4. The molecule has 2 rings (SSSR count). The minimum Gasteiger partial charge on any atom is -0.398 e. The largest absolute Gasteiger partial charge is 0.398 e. The van der Waals surface area contributed by atoms with E-state index in [-0.39, 0.29) is 23.0 Å². The van der Waals surface area contributed by atoms with Crippen LogP contribution in [0, 0.1) is 5.92 Å². The molecule has 0 radical (unpaired) electrons. The van der Waals surface area contributed by atoms with Crippen molar-refractivity contribution in [3.8, 4) is 0 Å². The summed E-state index contributed by atoms with van der Waals surface area (Å²) < 4.78 is 26.6. The van der Waals surface area contributed by atoms with Crippen LogP contribution in [-0.2, 0) is 10.0 Å². The zero-order valence-corrected chi connectivity index (χ0v) is 10.9. The van der Waals surface area contributed by atoms with E-state index in [1.807, 2.05) is 0 Å². The van der Waals surface area contributed by atoms with Gasteiger partial charge in [0.05, 0.1) is 11.8 Å². The van der Waals surface area contributed by atoms with Crippen LogP contribution in [0.3, 0.4) is 0 Å². The van der Waals surface area contributed by atoms with E-state index in [0.717, 1.165) is 19.3 Å². The number of anilines is 1. The van der Waals surface area contributed by atoms with Crippen LogP contribution in [-0.4, -0.2) is 26.2 Å². The van der Waals surface area contributed by atoms with E-state index in [4.69, 9.17) is 5.73 Å². The maximum Gasteiger partial charge on any atom is 0.242 e. The summed E-state index contributed by atoms with van der Waals surface area (Å²) in [5.74, 6) is 0.00436. The molecule has 1 aromatic rings. The summed E-state index contributed by atoms with van der Waals surface area (Å²) >= 11 is 0. The van der Waals surface area contributed by atoms with Crippen molar-refractivity contribution < 1.29 is 13.5 Å². The van der Waals surface area contributed by atoms with Gasteiger partial charge in [0, 0.05) is 6.54 Å². The zero-order chi connectivity index (χ0) is 13.2. The van der Waals surface area contributed by atoms with Crippen molar-refractivity contribution in [1.29, 1.82) is 0 Å². The summed E-state index contributed by atoms with van der Waals surface area (Å²) in [6, 6.07) is 6.35. The van der Waals surface area contributed by atoms with Crippen LogP contribution in [0.25, 0.3) is 0 Å². The number of para-hydroxylation sites is 1. The van der Waals surface area contributed by atoms with Crippen LogP contribution in [0.5, 0.6) is 0 Å². The van der Waals surface area contributed by atoms with Gasteiger partial charge in [0.25, 0.3) is 0 Å². The minimum absolute atomic E-state index is 0.00436. The number of aliphatic hydroxyl groups is 1. The third-order valence-electron chi connectivity index (χ3n) is 3.36. The summed E-state index contributed by atoms with van der Waals surface area (Å²) in [6.45, 7) is 0.262. The lowest BCUT2D eigenvalue weighted by atomic mass is 10.1. The van der Waals surface area contributed by atoms with E-state index >= 15 is 0 Å². The van der Waals surface area contributed by atoms with Crippen LogP contribution >= 0.6 is 0 Å². The molecular formula is C12H18N2O3S. The summed E-state index contributed by atoms with van der Waals surface area (Å²) in [6.07, 6.45) is 2.15. The Morgan fingerprint density at radius 2 is 2.06 bits per heavy atom. The van der Waals surface area contributed by atoms with Gasteiger partial charge in [0.15, 0.2) is 0 Å². The molecular weight excluding hydrogens is 252 g/mol. The first kappa shape index (κ1) is 13.3. The third-order valence-corrected chi connectivity index (χ3v) is 4.86. The number of benzene rings is 1. The second-order valence-corrected chi connectivity index (χ2v) is 6.38. The molecule has 0 aromatic heterocycles. The van der Waals surface area contributed by atoms with E-state index in [0.29, 0.717) is 0 Å². The molecule has 1 aliphatic rings. The smallest absolute Gasteiger partial charge is 0.242 e. The van der Waals surface area contributed by atoms with Crippen molar-refractivity contribution in [1.82, 2.24) is 4.72 Å². The highest BCUT2D eigenvalue weighted by Gasteiger charge is 2.27. The van der Waals surface area contributed by atoms with Crippen molar-refractivity contribution in [2.24, 2.45) is 5.92 Å². The molecule has 5 nitrogen and oxygen atoms in total. The highest BCUT2D eigenvalue weighted by molar-refractivity contribution is 7.89.